The van der Waals surface area contributed by atoms with Crippen molar-refractivity contribution in [3.8, 4) is 5.75 Å². The number of nitroso groups, excluding NO2 is 1. The highest BCUT2D eigenvalue weighted by Gasteiger charge is 2.19. The van der Waals surface area contributed by atoms with Crippen molar-refractivity contribution in [3.63, 3.8) is 0 Å². The third-order valence-electron chi connectivity index (χ3n) is 2.86. The molecule has 0 saturated carbocycles. The summed E-state index contributed by atoms with van der Waals surface area (Å²) in [6.45, 7) is -0.142. The van der Waals surface area contributed by atoms with Gasteiger partial charge < -0.3 is 9.47 Å². The number of benzene rings is 1. The van der Waals surface area contributed by atoms with Gasteiger partial charge >= 0.3 is 0 Å². The molecule has 1 aromatic carbocycles. The second-order valence-electron chi connectivity index (χ2n) is 4.32. The molecule has 0 aliphatic heterocycles. The SMILES string of the molecule is COCOc1ccc(Cl)cc1C(=O)c1ncccc1CN=O. The average Bonchev–Trinajstić information content (AvgIpc) is 2.54. The van der Waals surface area contributed by atoms with Crippen LogP contribution in [0.25, 0.3) is 0 Å². The Hall–Kier alpha value is -2.31. The molecular weight excluding hydrogens is 308 g/mol. The summed E-state index contributed by atoms with van der Waals surface area (Å²) in [5.74, 6) is -0.0697. The molecule has 0 saturated heterocycles. The number of carbonyl (C=O) groups excluding carboxylic acids is 1. The van der Waals surface area contributed by atoms with Crippen LogP contribution in [0.3, 0.4) is 0 Å². The molecule has 1 aromatic heterocycles. The highest BCUT2D eigenvalue weighted by molar-refractivity contribution is 6.31. The zero-order valence-electron chi connectivity index (χ0n) is 11.8. The van der Waals surface area contributed by atoms with Crippen LogP contribution in [0.4, 0.5) is 0 Å². The van der Waals surface area contributed by atoms with Crippen molar-refractivity contribution in [2.24, 2.45) is 5.18 Å². The van der Waals surface area contributed by atoms with Crippen LogP contribution >= 0.6 is 11.6 Å². The van der Waals surface area contributed by atoms with Gasteiger partial charge in [0.1, 0.15) is 18.0 Å². The molecule has 0 atom stereocenters. The molecule has 2 rings (SSSR count). The molecule has 0 N–H and O–H groups in total. The van der Waals surface area contributed by atoms with Crippen molar-refractivity contribution in [3.05, 3.63) is 63.3 Å². The van der Waals surface area contributed by atoms with E-state index in [0.29, 0.717) is 16.3 Å². The van der Waals surface area contributed by atoms with Crippen molar-refractivity contribution >= 4 is 17.4 Å². The predicted molar refractivity (Wildman–Crippen MR) is 81.1 cm³/mol. The minimum Gasteiger partial charge on any atom is -0.467 e. The number of hydrogen-bond donors (Lipinski definition) is 0. The maximum atomic E-state index is 12.7. The van der Waals surface area contributed by atoms with E-state index >= 15 is 0 Å². The number of rotatable bonds is 7. The smallest absolute Gasteiger partial charge is 0.215 e. The number of hydrogen-bond acceptors (Lipinski definition) is 6. The van der Waals surface area contributed by atoms with Crippen LogP contribution in [-0.2, 0) is 11.3 Å². The topological polar surface area (TPSA) is 77.8 Å². The van der Waals surface area contributed by atoms with Crippen LogP contribution in [0.15, 0.2) is 41.7 Å². The summed E-state index contributed by atoms with van der Waals surface area (Å²) in [5.41, 5.74) is 0.835. The Bertz CT molecular complexity index is 691. The second-order valence-corrected chi connectivity index (χ2v) is 4.76. The normalized spacial score (nSPS) is 10.3. The van der Waals surface area contributed by atoms with E-state index in [1.165, 1.54) is 19.4 Å². The third-order valence-corrected chi connectivity index (χ3v) is 3.09. The van der Waals surface area contributed by atoms with Crippen molar-refractivity contribution < 1.29 is 14.3 Å². The van der Waals surface area contributed by atoms with Gasteiger partial charge in [-0.05, 0) is 24.3 Å². The first kappa shape index (κ1) is 16.1. The summed E-state index contributed by atoms with van der Waals surface area (Å²) in [6.07, 6.45) is 1.47. The van der Waals surface area contributed by atoms with E-state index in [9.17, 15) is 9.70 Å². The van der Waals surface area contributed by atoms with Gasteiger partial charge in [0.05, 0.1) is 5.56 Å². The highest BCUT2D eigenvalue weighted by Crippen LogP contribution is 2.26. The molecule has 0 amide bonds. The first-order chi connectivity index (χ1) is 10.7. The van der Waals surface area contributed by atoms with E-state index in [0.717, 1.165) is 0 Å². The summed E-state index contributed by atoms with van der Waals surface area (Å²) in [4.78, 5) is 27.2. The van der Waals surface area contributed by atoms with Gasteiger partial charge in [0.15, 0.2) is 6.79 Å². The Morgan fingerprint density at radius 3 is 2.91 bits per heavy atom. The van der Waals surface area contributed by atoms with Gasteiger partial charge in [0, 0.05) is 23.9 Å². The largest absolute Gasteiger partial charge is 0.467 e. The number of ketones is 1. The summed E-state index contributed by atoms with van der Waals surface area (Å²) in [6, 6.07) is 7.94. The van der Waals surface area contributed by atoms with Gasteiger partial charge in [0.25, 0.3) is 0 Å². The number of ether oxygens (including phenoxy) is 2. The van der Waals surface area contributed by atoms with Crippen molar-refractivity contribution in [1.82, 2.24) is 4.98 Å². The van der Waals surface area contributed by atoms with Gasteiger partial charge in [-0.15, -0.1) is 0 Å². The van der Waals surface area contributed by atoms with E-state index in [1.807, 2.05) is 0 Å². The molecule has 0 fully saturated rings. The molecule has 0 aliphatic rings. The van der Waals surface area contributed by atoms with Crippen LogP contribution in [0.2, 0.25) is 5.02 Å². The summed E-state index contributed by atoms with van der Waals surface area (Å²) < 4.78 is 10.2. The number of pyridine rings is 1. The first-order valence-electron chi connectivity index (χ1n) is 6.36. The Morgan fingerprint density at radius 2 is 2.18 bits per heavy atom. The molecule has 1 heterocycles. The molecule has 7 heteroatoms. The molecular formula is C15H13ClN2O4. The molecule has 0 unspecified atom stereocenters. The van der Waals surface area contributed by atoms with Gasteiger partial charge in [-0.3, -0.25) is 9.78 Å². The van der Waals surface area contributed by atoms with Crippen molar-refractivity contribution in [2.45, 2.75) is 6.54 Å². The minimum atomic E-state index is -0.396. The van der Waals surface area contributed by atoms with Crippen molar-refractivity contribution in [2.75, 3.05) is 13.9 Å². The van der Waals surface area contributed by atoms with E-state index in [1.54, 1.807) is 24.3 Å². The molecule has 6 nitrogen and oxygen atoms in total. The van der Waals surface area contributed by atoms with Crippen LogP contribution in [0.1, 0.15) is 21.6 Å². The lowest BCUT2D eigenvalue weighted by molar-refractivity contribution is 0.0503. The first-order valence-corrected chi connectivity index (χ1v) is 6.74. The fourth-order valence-electron chi connectivity index (χ4n) is 1.90. The second kappa shape index (κ2) is 7.63. The Balaban J connectivity index is 2.44. The van der Waals surface area contributed by atoms with Crippen LogP contribution < -0.4 is 4.74 Å². The lowest BCUT2D eigenvalue weighted by Gasteiger charge is -2.11. The Kier molecular flexibility index (Phi) is 5.57. The molecule has 0 radical (unpaired) electrons. The monoisotopic (exact) mass is 320 g/mol. The molecule has 0 aliphatic carbocycles. The fraction of sp³-hybridized carbons (Fsp3) is 0.200. The standard InChI is InChI=1S/C15H13ClN2O4/c1-21-9-22-13-5-4-11(16)7-12(13)15(19)14-10(8-18-20)3-2-6-17-14/h2-7H,8-9H2,1H3. The highest BCUT2D eigenvalue weighted by atomic mass is 35.5. The summed E-state index contributed by atoms with van der Waals surface area (Å²) in [7, 11) is 1.48. The zero-order valence-corrected chi connectivity index (χ0v) is 12.5. The zero-order chi connectivity index (χ0) is 15.9. The quantitative estimate of drug-likeness (QED) is 0.444. The number of methoxy groups -OCH3 is 1. The molecule has 0 bridgehead atoms. The van der Waals surface area contributed by atoms with E-state index in [4.69, 9.17) is 21.1 Å². The van der Waals surface area contributed by atoms with Gasteiger partial charge in [-0.1, -0.05) is 22.8 Å². The maximum Gasteiger partial charge on any atom is 0.215 e. The summed E-state index contributed by atoms with van der Waals surface area (Å²) >= 11 is 5.96. The van der Waals surface area contributed by atoms with Crippen LogP contribution in [0, 0.1) is 4.91 Å². The van der Waals surface area contributed by atoms with Gasteiger partial charge in [-0.25, -0.2) is 0 Å². The van der Waals surface area contributed by atoms with E-state index in [2.05, 4.69) is 10.2 Å². The number of carbonyl (C=O) groups is 1. The number of halogens is 1. The van der Waals surface area contributed by atoms with Gasteiger partial charge in [-0.2, -0.15) is 4.91 Å². The lowest BCUT2D eigenvalue weighted by Crippen LogP contribution is -2.11. The molecule has 114 valence electrons. The van der Waals surface area contributed by atoms with Crippen LogP contribution in [0.5, 0.6) is 5.75 Å². The summed E-state index contributed by atoms with van der Waals surface area (Å²) in [5, 5.41) is 3.20. The van der Waals surface area contributed by atoms with E-state index < -0.39 is 5.78 Å². The minimum absolute atomic E-state index is 0.00706. The third kappa shape index (κ3) is 3.66. The molecule has 2 aromatic rings. The Labute approximate surface area is 132 Å². The average molecular weight is 321 g/mol. The van der Waals surface area contributed by atoms with Gasteiger partial charge in [0.2, 0.25) is 5.78 Å². The van der Waals surface area contributed by atoms with Crippen molar-refractivity contribution in [1.29, 1.82) is 0 Å². The Morgan fingerprint density at radius 1 is 1.36 bits per heavy atom. The maximum absolute atomic E-state index is 12.7. The number of nitrogens with zero attached hydrogens (tertiary/aromatic N) is 2. The van der Waals surface area contributed by atoms with E-state index in [-0.39, 0.29) is 24.6 Å². The molecule has 22 heavy (non-hydrogen) atoms. The predicted octanol–water partition coefficient (Wildman–Crippen LogP) is 3.22. The fourth-order valence-corrected chi connectivity index (χ4v) is 2.07. The number of aromatic nitrogens is 1. The molecule has 0 spiro atoms. The lowest BCUT2D eigenvalue weighted by atomic mass is 10.0. The van der Waals surface area contributed by atoms with Crippen LogP contribution in [-0.4, -0.2) is 24.7 Å².